The Balaban J connectivity index is 2.09. The minimum atomic E-state index is -3.33. The third-order valence-corrected chi connectivity index (χ3v) is 7.17. The Bertz CT molecular complexity index is 671. The zero-order chi connectivity index (χ0) is 15.7. The molecule has 0 bridgehead atoms. The van der Waals surface area contributed by atoms with Crippen LogP contribution in [0.2, 0.25) is 0 Å². The van der Waals surface area contributed by atoms with Crippen LogP contribution in [0.1, 0.15) is 35.5 Å². The van der Waals surface area contributed by atoms with E-state index in [0.717, 1.165) is 11.1 Å². The molecule has 0 radical (unpaired) electrons. The molecule has 0 amide bonds. The van der Waals surface area contributed by atoms with Gasteiger partial charge in [-0.05, 0) is 25.0 Å². The maximum absolute atomic E-state index is 13.3. The summed E-state index contributed by atoms with van der Waals surface area (Å²) in [5, 5.41) is 2.42. The summed E-state index contributed by atoms with van der Waals surface area (Å²) in [5.74, 6) is 0. The Morgan fingerprint density at radius 1 is 0.727 bits per heavy atom. The summed E-state index contributed by atoms with van der Waals surface area (Å²) in [6, 6.07) is 18.8. The highest BCUT2D eigenvalue weighted by atomic mass is 32.2. The van der Waals surface area contributed by atoms with Gasteiger partial charge >= 0.3 is 0 Å². The molecular weight excluding hydrogens is 294 g/mol. The largest absolute Gasteiger partial charge is 0.309 e. The summed E-state index contributed by atoms with van der Waals surface area (Å²) >= 11 is 0. The van der Waals surface area contributed by atoms with Gasteiger partial charge in [0.25, 0.3) is 0 Å². The molecule has 2 aromatic rings. The van der Waals surface area contributed by atoms with Gasteiger partial charge in [-0.25, -0.2) is 8.42 Å². The molecule has 0 aliphatic carbocycles. The first-order valence-electron chi connectivity index (χ1n) is 7.60. The monoisotopic (exact) mass is 315 g/mol. The molecule has 4 unspecified atom stereocenters. The first-order chi connectivity index (χ1) is 10.5. The molecule has 1 N–H and O–H groups in total. The molecule has 1 saturated heterocycles. The van der Waals surface area contributed by atoms with Gasteiger partial charge in [-0.2, -0.15) is 0 Å². The van der Waals surface area contributed by atoms with Crippen LogP contribution in [0.4, 0.5) is 0 Å². The van der Waals surface area contributed by atoms with Crippen molar-refractivity contribution >= 4 is 9.84 Å². The van der Waals surface area contributed by atoms with Crippen molar-refractivity contribution in [2.24, 2.45) is 0 Å². The lowest BCUT2D eigenvalue weighted by atomic mass is 10.0. The Morgan fingerprint density at radius 3 is 1.45 bits per heavy atom. The fourth-order valence-corrected chi connectivity index (χ4v) is 6.24. The molecule has 1 heterocycles. The molecule has 3 rings (SSSR count). The van der Waals surface area contributed by atoms with Gasteiger partial charge in [0.15, 0.2) is 9.84 Å². The van der Waals surface area contributed by atoms with E-state index < -0.39 is 20.3 Å². The molecule has 22 heavy (non-hydrogen) atoms. The van der Waals surface area contributed by atoms with Crippen molar-refractivity contribution in [1.29, 1.82) is 0 Å². The zero-order valence-corrected chi connectivity index (χ0v) is 13.6. The summed E-state index contributed by atoms with van der Waals surface area (Å²) in [5.41, 5.74) is 1.71. The standard InChI is InChI=1S/C18H21NO2S/c1-13-17(15-9-5-3-6-10-15)22(20,21)18(14(2)19-13)16-11-7-4-8-12-16/h3-14,17-19H,1-2H3. The topological polar surface area (TPSA) is 46.2 Å². The van der Waals surface area contributed by atoms with Crippen LogP contribution in [0.25, 0.3) is 0 Å². The summed E-state index contributed by atoms with van der Waals surface area (Å²) in [7, 11) is -3.33. The molecule has 116 valence electrons. The van der Waals surface area contributed by atoms with Crippen molar-refractivity contribution in [3.63, 3.8) is 0 Å². The Labute approximate surface area is 132 Å². The van der Waals surface area contributed by atoms with Crippen molar-refractivity contribution in [1.82, 2.24) is 5.32 Å². The highest BCUT2D eigenvalue weighted by molar-refractivity contribution is 7.92. The molecule has 4 heteroatoms. The average molecular weight is 315 g/mol. The van der Waals surface area contributed by atoms with Gasteiger partial charge in [0.05, 0.1) is 0 Å². The van der Waals surface area contributed by atoms with Gasteiger partial charge in [0, 0.05) is 12.1 Å². The number of hydrogen-bond acceptors (Lipinski definition) is 3. The number of rotatable bonds is 2. The average Bonchev–Trinajstić information content (AvgIpc) is 2.48. The van der Waals surface area contributed by atoms with Crippen LogP contribution in [0.5, 0.6) is 0 Å². The summed E-state index contributed by atoms with van der Waals surface area (Å²) in [4.78, 5) is 0. The van der Waals surface area contributed by atoms with Crippen molar-refractivity contribution in [3.05, 3.63) is 71.8 Å². The van der Waals surface area contributed by atoms with Gasteiger partial charge in [-0.1, -0.05) is 60.7 Å². The SMILES string of the molecule is CC1NC(C)C(c2ccccc2)S(=O)(=O)C1c1ccccc1. The van der Waals surface area contributed by atoms with Crippen molar-refractivity contribution in [2.45, 2.75) is 36.4 Å². The Kier molecular flexibility index (Phi) is 4.06. The van der Waals surface area contributed by atoms with Gasteiger partial charge in [0.1, 0.15) is 10.5 Å². The molecule has 0 spiro atoms. The third kappa shape index (κ3) is 2.57. The summed E-state index contributed by atoms with van der Waals surface area (Å²) in [6.45, 7) is 3.90. The fraction of sp³-hybridized carbons (Fsp3) is 0.333. The smallest absolute Gasteiger partial charge is 0.167 e. The fourth-order valence-electron chi connectivity index (χ4n) is 3.56. The van der Waals surface area contributed by atoms with Crippen LogP contribution in [-0.2, 0) is 9.84 Å². The van der Waals surface area contributed by atoms with Crippen LogP contribution in [0.3, 0.4) is 0 Å². The van der Waals surface area contributed by atoms with Crippen molar-refractivity contribution in [3.8, 4) is 0 Å². The predicted octanol–water partition coefficient (Wildman–Crippen LogP) is 3.26. The van der Waals surface area contributed by atoms with Crippen LogP contribution in [0.15, 0.2) is 60.7 Å². The first-order valence-corrected chi connectivity index (χ1v) is 9.21. The van der Waals surface area contributed by atoms with Crippen molar-refractivity contribution < 1.29 is 8.42 Å². The molecular formula is C18H21NO2S. The van der Waals surface area contributed by atoms with Gasteiger partial charge in [-0.3, -0.25) is 0 Å². The molecule has 2 aromatic carbocycles. The molecule has 0 aromatic heterocycles. The van der Waals surface area contributed by atoms with E-state index in [1.54, 1.807) is 0 Å². The maximum Gasteiger partial charge on any atom is 0.167 e. The van der Waals surface area contributed by atoms with Crippen LogP contribution >= 0.6 is 0 Å². The third-order valence-electron chi connectivity index (χ3n) is 4.40. The van der Waals surface area contributed by atoms with E-state index in [9.17, 15) is 8.42 Å². The lowest BCUT2D eigenvalue weighted by Gasteiger charge is -2.40. The van der Waals surface area contributed by atoms with E-state index >= 15 is 0 Å². The van der Waals surface area contributed by atoms with Crippen LogP contribution in [-0.4, -0.2) is 20.5 Å². The van der Waals surface area contributed by atoms with E-state index in [0.29, 0.717) is 0 Å². The van der Waals surface area contributed by atoms with E-state index in [2.05, 4.69) is 5.32 Å². The second-order valence-corrected chi connectivity index (χ2v) is 8.19. The van der Waals surface area contributed by atoms with Gasteiger partial charge in [-0.15, -0.1) is 0 Å². The molecule has 0 saturated carbocycles. The van der Waals surface area contributed by atoms with E-state index in [1.165, 1.54) is 0 Å². The number of sulfone groups is 1. The summed E-state index contributed by atoms with van der Waals surface area (Å²) in [6.07, 6.45) is 0. The minimum absolute atomic E-state index is 0.109. The zero-order valence-electron chi connectivity index (χ0n) is 12.8. The van der Waals surface area contributed by atoms with E-state index in [1.807, 2.05) is 74.5 Å². The number of benzene rings is 2. The van der Waals surface area contributed by atoms with Crippen molar-refractivity contribution in [2.75, 3.05) is 0 Å². The molecule has 3 nitrogen and oxygen atoms in total. The van der Waals surface area contributed by atoms with Gasteiger partial charge < -0.3 is 5.32 Å². The molecule has 1 aliphatic heterocycles. The Morgan fingerprint density at radius 2 is 1.09 bits per heavy atom. The van der Waals surface area contributed by atoms with Crippen LogP contribution < -0.4 is 5.32 Å². The second kappa shape index (κ2) is 5.86. The molecule has 1 aliphatic rings. The van der Waals surface area contributed by atoms with Crippen LogP contribution in [0, 0.1) is 0 Å². The lowest BCUT2D eigenvalue weighted by molar-refractivity contribution is 0.395. The predicted molar refractivity (Wildman–Crippen MR) is 89.3 cm³/mol. The summed E-state index contributed by atoms with van der Waals surface area (Å²) < 4.78 is 26.6. The minimum Gasteiger partial charge on any atom is -0.309 e. The normalized spacial score (nSPS) is 30.8. The quantitative estimate of drug-likeness (QED) is 0.925. The second-order valence-electron chi connectivity index (χ2n) is 6.00. The van der Waals surface area contributed by atoms with E-state index in [4.69, 9.17) is 0 Å². The number of hydrogen-bond donors (Lipinski definition) is 1. The van der Waals surface area contributed by atoms with Gasteiger partial charge in [0.2, 0.25) is 0 Å². The maximum atomic E-state index is 13.3. The van der Waals surface area contributed by atoms with E-state index in [-0.39, 0.29) is 12.1 Å². The highest BCUT2D eigenvalue weighted by Crippen LogP contribution is 2.41. The molecule has 4 atom stereocenters. The first kappa shape index (κ1) is 15.3. The Hall–Kier alpha value is -1.65. The lowest BCUT2D eigenvalue weighted by Crippen LogP contribution is -2.52. The molecule has 1 fully saturated rings. The number of nitrogens with one attached hydrogen (secondary N) is 1. The highest BCUT2D eigenvalue weighted by Gasteiger charge is 2.46.